The van der Waals surface area contributed by atoms with Crippen molar-refractivity contribution < 1.29 is 4.39 Å². The van der Waals surface area contributed by atoms with Crippen LogP contribution in [0.5, 0.6) is 0 Å². The smallest absolute Gasteiger partial charge is 0.234 e. The molecule has 0 bridgehead atoms. The molecular weight excluding hydrogens is 279 g/mol. The minimum Gasteiger partial charge on any atom is -0.284 e. The van der Waals surface area contributed by atoms with E-state index in [0.29, 0.717) is 17.0 Å². The molecule has 0 atom stereocenters. The summed E-state index contributed by atoms with van der Waals surface area (Å²) in [6.45, 7) is 0. The normalized spacial score (nSPS) is 11.0. The zero-order valence-electron chi connectivity index (χ0n) is 11.5. The fourth-order valence-corrected chi connectivity index (χ4v) is 2.44. The average molecular weight is 290 g/mol. The average Bonchev–Trinajstić information content (AvgIpc) is 3.00. The summed E-state index contributed by atoms with van der Waals surface area (Å²) in [7, 11) is 0. The number of hydrogen-bond acceptors (Lipinski definition) is 3. The van der Waals surface area contributed by atoms with Gasteiger partial charge in [-0.2, -0.15) is 0 Å². The van der Waals surface area contributed by atoms with Gasteiger partial charge >= 0.3 is 0 Å². The lowest BCUT2D eigenvalue weighted by atomic mass is 10.0. The van der Waals surface area contributed by atoms with Crippen molar-refractivity contribution >= 4 is 5.78 Å². The van der Waals surface area contributed by atoms with Gasteiger partial charge in [-0.3, -0.25) is 9.38 Å². The Bertz CT molecular complexity index is 947. The molecular formula is C17H11FN4. The van der Waals surface area contributed by atoms with E-state index >= 15 is 0 Å². The van der Waals surface area contributed by atoms with Gasteiger partial charge in [-0.05, 0) is 36.4 Å². The Morgan fingerprint density at radius 3 is 2.68 bits per heavy atom. The molecule has 0 N–H and O–H groups in total. The largest absolute Gasteiger partial charge is 0.284 e. The molecule has 0 radical (unpaired) electrons. The van der Waals surface area contributed by atoms with Crippen LogP contribution in [0.15, 0.2) is 67.3 Å². The molecule has 0 aliphatic heterocycles. The summed E-state index contributed by atoms with van der Waals surface area (Å²) in [5, 5.41) is 0. The van der Waals surface area contributed by atoms with Gasteiger partial charge < -0.3 is 0 Å². The standard InChI is InChI=1S/C17H11FN4/c18-14-6-5-12(10-13(14)15-4-1-2-7-19-15)16-11-21-17-20-8-3-9-22(16)17/h1-11H. The first kappa shape index (κ1) is 12.6. The molecule has 0 unspecified atom stereocenters. The Balaban J connectivity index is 1.90. The zero-order chi connectivity index (χ0) is 14.9. The predicted molar refractivity (Wildman–Crippen MR) is 81.6 cm³/mol. The van der Waals surface area contributed by atoms with Crippen LogP contribution in [0, 0.1) is 5.82 Å². The van der Waals surface area contributed by atoms with Crippen LogP contribution in [0.25, 0.3) is 28.3 Å². The van der Waals surface area contributed by atoms with E-state index in [0.717, 1.165) is 11.3 Å². The highest BCUT2D eigenvalue weighted by molar-refractivity contribution is 5.71. The minimum absolute atomic E-state index is 0.297. The Morgan fingerprint density at radius 1 is 0.909 bits per heavy atom. The van der Waals surface area contributed by atoms with Crippen molar-refractivity contribution in [3.8, 4) is 22.5 Å². The van der Waals surface area contributed by atoms with E-state index in [1.54, 1.807) is 42.9 Å². The molecule has 0 aliphatic rings. The van der Waals surface area contributed by atoms with Crippen LogP contribution in [0.4, 0.5) is 4.39 Å². The van der Waals surface area contributed by atoms with E-state index in [2.05, 4.69) is 15.0 Å². The fourth-order valence-electron chi connectivity index (χ4n) is 2.44. The van der Waals surface area contributed by atoms with Gasteiger partial charge in [0.2, 0.25) is 5.78 Å². The van der Waals surface area contributed by atoms with Gasteiger partial charge in [0.1, 0.15) is 5.82 Å². The SMILES string of the molecule is Fc1ccc(-c2cnc3ncccn23)cc1-c1ccccn1. The van der Waals surface area contributed by atoms with Gasteiger partial charge in [-0.15, -0.1) is 0 Å². The second-order valence-electron chi connectivity index (χ2n) is 4.84. The molecule has 0 amide bonds. The maximum atomic E-state index is 14.1. The number of hydrogen-bond donors (Lipinski definition) is 0. The number of imidazole rings is 1. The highest BCUT2D eigenvalue weighted by Gasteiger charge is 2.11. The summed E-state index contributed by atoms with van der Waals surface area (Å²) in [4.78, 5) is 12.7. The minimum atomic E-state index is -0.297. The number of aromatic nitrogens is 4. The second-order valence-corrected chi connectivity index (χ2v) is 4.84. The highest BCUT2D eigenvalue weighted by atomic mass is 19.1. The number of fused-ring (bicyclic) bond motifs is 1. The molecule has 1 aromatic carbocycles. The van der Waals surface area contributed by atoms with Gasteiger partial charge in [-0.25, -0.2) is 14.4 Å². The molecule has 4 nitrogen and oxygen atoms in total. The molecule has 5 heteroatoms. The Labute approximate surface area is 125 Å². The van der Waals surface area contributed by atoms with Crippen molar-refractivity contribution in [3.63, 3.8) is 0 Å². The summed E-state index contributed by atoms with van der Waals surface area (Å²) < 4.78 is 16.0. The summed E-state index contributed by atoms with van der Waals surface area (Å²) in [6, 6.07) is 12.2. The van der Waals surface area contributed by atoms with E-state index in [9.17, 15) is 4.39 Å². The van der Waals surface area contributed by atoms with Crippen LogP contribution in [0.3, 0.4) is 0 Å². The maximum absolute atomic E-state index is 14.1. The molecule has 22 heavy (non-hydrogen) atoms. The summed E-state index contributed by atoms with van der Waals surface area (Å²) in [6.07, 6.45) is 6.96. The molecule has 106 valence electrons. The monoisotopic (exact) mass is 290 g/mol. The molecule has 4 aromatic rings. The Hall–Kier alpha value is -3.08. The summed E-state index contributed by atoms with van der Waals surface area (Å²) in [5.41, 5.74) is 2.80. The van der Waals surface area contributed by atoms with Gasteiger partial charge in [0.15, 0.2) is 0 Å². The Kier molecular flexibility index (Phi) is 2.89. The third-order valence-electron chi connectivity index (χ3n) is 3.49. The van der Waals surface area contributed by atoms with Crippen LogP contribution in [0.1, 0.15) is 0 Å². The maximum Gasteiger partial charge on any atom is 0.234 e. The number of pyridine rings is 1. The quantitative estimate of drug-likeness (QED) is 0.566. The predicted octanol–water partition coefficient (Wildman–Crippen LogP) is 3.60. The molecule has 0 saturated carbocycles. The van der Waals surface area contributed by atoms with E-state index in [-0.39, 0.29) is 5.82 Å². The lowest BCUT2D eigenvalue weighted by Gasteiger charge is -2.06. The molecule has 0 fully saturated rings. The molecule has 0 aliphatic carbocycles. The second kappa shape index (κ2) is 5.04. The first-order chi connectivity index (χ1) is 10.8. The van der Waals surface area contributed by atoms with Crippen LogP contribution in [0.2, 0.25) is 0 Å². The number of benzene rings is 1. The number of halogens is 1. The summed E-state index contributed by atoms with van der Waals surface area (Å²) >= 11 is 0. The van der Waals surface area contributed by atoms with E-state index < -0.39 is 0 Å². The zero-order valence-corrected chi connectivity index (χ0v) is 11.5. The molecule has 0 saturated heterocycles. The molecule has 0 spiro atoms. The molecule has 3 heterocycles. The van der Waals surface area contributed by atoms with Gasteiger partial charge in [0.05, 0.1) is 17.6 Å². The van der Waals surface area contributed by atoms with Crippen molar-refractivity contribution in [3.05, 3.63) is 73.1 Å². The first-order valence-corrected chi connectivity index (χ1v) is 6.82. The third-order valence-corrected chi connectivity index (χ3v) is 3.49. The van der Waals surface area contributed by atoms with Crippen LogP contribution >= 0.6 is 0 Å². The van der Waals surface area contributed by atoms with Crippen molar-refractivity contribution in [1.82, 2.24) is 19.4 Å². The van der Waals surface area contributed by atoms with Crippen molar-refractivity contribution in [2.45, 2.75) is 0 Å². The van der Waals surface area contributed by atoms with Crippen molar-refractivity contribution in [2.75, 3.05) is 0 Å². The lowest BCUT2D eigenvalue weighted by Crippen LogP contribution is -1.92. The van der Waals surface area contributed by atoms with E-state index in [4.69, 9.17) is 0 Å². The van der Waals surface area contributed by atoms with Gasteiger partial charge in [-0.1, -0.05) is 6.07 Å². The number of nitrogens with zero attached hydrogens (tertiary/aromatic N) is 4. The van der Waals surface area contributed by atoms with Gasteiger partial charge in [0.25, 0.3) is 0 Å². The van der Waals surface area contributed by atoms with E-state index in [1.165, 1.54) is 6.07 Å². The topological polar surface area (TPSA) is 43.1 Å². The van der Waals surface area contributed by atoms with Crippen LogP contribution in [-0.4, -0.2) is 19.4 Å². The lowest BCUT2D eigenvalue weighted by molar-refractivity contribution is 0.631. The van der Waals surface area contributed by atoms with Crippen molar-refractivity contribution in [2.24, 2.45) is 0 Å². The van der Waals surface area contributed by atoms with Crippen molar-refractivity contribution in [1.29, 1.82) is 0 Å². The number of rotatable bonds is 2. The van der Waals surface area contributed by atoms with Crippen LogP contribution in [-0.2, 0) is 0 Å². The Morgan fingerprint density at radius 2 is 1.82 bits per heavy atom. The summed E-state index contributed by atoms with van der Waals surface area (Å²) in [5.74, 6) is 0.315. The molecule has 4 rings (SSSR count). The molecule has 3 aromatic heterocycles. The third kappa shape index (κ3) is 2.03. The first-order valence-electron chi connectivity index (χ1n) is 6.82. The van der Waals surface area contributed by atoms with Crippen LogP contribution < -0.4 is 0 Å². The van der Waals surface area contributed by atoms with Gasteiger partial charge in [0, 0.05) is 29.7 Å². The fraction of sp³-hybridized carbons (Fsp3) is 0. The highest BCUT2D eigenvalue weighted by Crippen LogP contribution is 2.27. The van der Waals surface area contributed by atoms with E-state index in [1.807, 2.05) is 22.7 Å².